The van der Waals surface area contributed by atoms with Gasteiger partial charge in [-0.15, -0.1) is 11.3 Å². The van der Waals surface area contributed by atoms with E-state index in [-0.39, 0.29) is 17.6 Å². The number of nitrogens with zero attached hydrogens (tertiary/aromatic N) is 3. The Kier molecular flexibility index (Phi) is 8.17. The lowest BCUT2D eigenvalue weighted by molar-refractivity contribution is -0.132. The van der Waals surface area contributed by atoms with Crippen LogP contribution in [0.5, 0.6) is 0 Å². The van der Waals surface area contributed by atoms with E-state index in [1.165, 1.54) is 47.7 Å². The highest BCUT2D eigenvalue weighted by atomic mass is 32.1. The van der Waals surface area contributed by atoms with Crippen LogP contribution in [0.15, 0.2) is 59.6 Å². The number of piperidine rings is 1. The fraction of sp³-hybridized carbons (Fsp3) is 0.531. The van der Waals surface area contributed by atoms with Crippen LogP contribution in [-0.4, -0.2) is 64.3 Å². The summed E-state index contributed by atoms with van der Waals surface area (Å²) in [6.07, 6.45) is 22.3. The zero-order valence-electron chi connectivity index (χ0n) is 23.7. The number of rotatable bonds is 7. The first kappa shape index (κ1) is 28.0. The van der Waals surface area contributed by atoms with E-state index in [1.807, 2.05) is 17.4 Å². The maximum atomic E-state index is 12.9. The third-order valence-electron chi connectivity index (χ3n) is 9.11. The van der Waals surface area contributed by atoms with Crippen molar-refractivity contribution in [2.75, 3.05) is 26.7 Å². The zero-order chi connectivity index (χ0) is 28.4. The number of aromatic nitrogens is 1. The Bertz CT molecular complexity index is 1320. The molecule has 1 aromatic rings. The number of amides is 1. The van der Waals surface area contributed by atoms with Gasteiger partial charge in [0.1, 0.15) is 11.4 Å². The monoisotopic (exact) mass is 577 g/mol. The van der Waals surface area contributed by atoms with Crippen molar-refractivity contribution in [3.05, 3.63) is 75.1 Å². The summed E-state index contributed by atoms with van der Waals surface area (Å²) in [6.45, 7) is 3.07. The van der Waals surface area contributed by atoms with Crippen LogP contribution in [0.2, 0.25) is 0 Å². The number of carbonyl (C=O) groups is 2. The molecule has 1 amide bonds. The minimum atomic E-state index is -0.964. The highest BCUT2D eigenvalue weighted by Crippen LogP contribution is 2.41. The number of hydrogen-bond acceptors (Lipinski definition) is 7. The molecule has 2 saturated heterocycles. The fourth-order valence-electron chi connectivity index (χ4n) is 6.64. The molecule has 0 radical (unpaired) electrons. The van der Waals surface area contributed by atoms with Crippen LogP contribution in [0.1, 0.15) is 85.2 Å². The summed E-state index contributed by atoms with van der Waals surface area (Å²) in [7, 11) is 1.71. The molecule has 218 valence electrons. The second kappa shape index (κ2) is 12.0. The van der Waals surface area contributed by atoms with Gasteiger partial charge < -0.3 is 14.6 Å². The number of carbonyl (C=O) groups excluding carboxylic acids is 1. The topological polar surface area (TPSA) is 92.2 Å². The summed E-state index contributed by atoms with van der Waals surface area (Å²) in [6, 6.07) is 0. The molecule has 2 aliphatic heterocycles. The third kappa shape index (κ3) is 6.06. The SMILES string of the molecule is COC1=CCC(c2nc(C3CCCCC3)sc2CN2CCC3(CC2)CN(C2=CCC=C(C(=O)O)C=C2)C(=O)O3)C=C1. The summed E-state index contributed by atoms with van der Waals surface area (Å²) >= 11 is 1.91. The number of likely N-dealkylation sites (tertiary alicyclic amines) is 1. The predicted octanol–water partition coefficient (Wildman–Crippen LogP) is 6.41. The summed E-state index contributed by atoms with van der Waals surface area (Å²) in [5, 5.41) is 10.6. The maximum Gasteiger partial charge on any atom is 0.415 e. The lowest BCUT2D eigenvalue weighted by Crippen LogP contribution is -2.46. The molecular weight excluding hydrogens is 538 g/mol. The van der Waals surface area contributed by atoms with Crippen LogP contribution in [-0.2, 0) is 20.8 Å². The molecule has 5 aliphatic rings. The number of thiazole rings is 1. The zero-order valence-corrected chi connectivity index (χ0v) is 24.5. The Labute approximate surface area is 245 Å². The number of hydrogen-bond donors (Lipinski definition) is 1. The smallest absolute Gasteiger partial charge is 0.415 e. The summed E-state index contributed by atoms with van der Waals surface area (Å²) < 4.78 is 11.4. The van der Waals surface area contributed by atoms with Crippen molar-refractivity contribution < 1.29 is 24.2 Å². The minimum absolute atomic E-state index is 0.236. The molecule has 0 bridgehead atoms. The second-order valence-corrected chi connectivity index (χ2v) is 12.9. The van der Waals surface area contributed by atoms with Crippen molar-refractivity contribution in [2.45, 2.75) is 81.8 Å². The lowest BCUT2D eigenvalue weighted by Gasteiger charge is -2.37. The maximum absolute atomic E-state index is 12.9. The van der Waals surface area contributed by atoms with Gasteiger partial charge in [0.2, 0.25) is 0 Å². The van der Waals surface area contributed by atoms with E-state index in [2.05, 4.69) is 23.1 Å². The molecule has 1 spiro atoms. The number of carboxylic acid groups (broad SMARTS) is 1. The Balaban J connectivity index is 1.12. The van der Waals surface area contributed by atoms with E-state index in [9.17, 15) is 14.7 Å². The first-order valence-electron chi connectivity index (χ1n) is 14.9. The number of ether oxygens (including phenoxy) is 2. The van der Waals surface area contributed by atoms with Gasteiger partial charge in [-0.2, -0.15) is 0 Å². The van der Waals surface area contributed by atoms with E-state index in [4.69, 9.17) is 14.5 Å². The van der Waals surface area contributed by atoms with Crippen molar-refractivity contribution in [3.63, 3.8) is 0 Å². The van der Waals surface area contributed by atoms with Crippen LogP contribution >= 0.6 is 11.3 Å². The normalized spacial score (nSPS) is 25.0. The number of methoxy groups -OCH3 is 1. The van der Waals surface area contributed by atoms with Crippen molar-refractivity contribution >= 4 is 23.4 Å². The van der Waals surface area contributed by atoms with Crippen molar-refractivity contribution in [1.82, 2.24) is 14.8 Å². The fourth-order valence-corrected chi connectivity index (χ4v) is 7.99. The largest absolute Gasteiger partial charge is 0.497 e. The quantitative estimate of drug-likeness (QED) is 0.401. The number of aliphatic carboxylic acids is 1. The van der Waals surface area contributed by atoms with Gasteiger partial charge in [0.25, 0.3) is 0 Å². The molecule has 1 aromatic heterocycles. The minimum Gasteiger partial charge on any atom is -0.497 e. The van der Waals surface area contributed by atoms with Crippen LogP contribution in [0.3, 0.4) is 0 Å². The Morgan fingerprint density at radius 2 is 1.95 bits per heavy atom. The van der Waals surface area contributed by atoms with Gasteiger partial charge in [0.15, 0.2) is 0 Å². The predicted molar refractivity (Wildman–Crippen MR) is 158 cm³/mol. The Morgan fingerprint density at radius 3 is 2.66 bits per heavy atom. The molecule has 9 heteroatoms. The first-order valence-corrected chi connectivity index (χ1v) is 15.7. The molecule has 3 aliphatic carbocycles. The van der Waals surface area contributed by atoms with Gasteiger partial charge in [-0.1, -0.05) is 37.5 Å². The third-order valence-corrected chi connectivity index (χ3v) is 10.3. The van der Waals surface area contributed by atoms with E-state index in [0.29, 0.717) is 24.6 Å². The molecule has 1 N–H and O–H groups in total. The second-order valence-electron chi connectivity index (χ2n) is 11.8. The highest BCUT2D eigenvalue weighted by Gasteiger charge is 2.47. The van der Waals surface area contributed by atoms with Gasteiger partial charge in [-0.3, -0.25) is 9.80 Å². The molecule has 41 heavy (non-hydrogen) atoms. The molecule has 1 atom stereocenters. The highest BCUT2D eigenvalue weighted by molar-refractivity contribution is 7.11. The standard InChI is InChI=1S/C32H39N3O5S/c1-39-26-14-11-22(12-15-26)28-27(41-29(33-28)23-6-3-2-4-7-23)20-34-18-16-32(17-19-34)21-35(31(38)40-32)25-9-5-8-24(10-13-25)30(36)37/h8-11,13-15,22-23H,2-7,12,16-21H2,1H3,(H,36,37). The van der Waals surface area contributed by atoms with Crippen LogP contribution in [0.25, 0.3) is 0 Å². The molecule has 3 fully saturated rings. The molecule has 3 heterocycles. The summed E-state index contributed by atoms with van der Waals surface area (Å²) in [5.74, 6) is 0.812. The van der Waals surface area contributed by atoms with E-state index in [0.717, 1.165) is 44.7 Å². The van der Waals surface area contributed by atoms with E-state index >= 15 is 0 Å². The molecule has 1 unspecified atom stereocenters. The number of carboxylic acids is 1. The summed E-state index contributed by atoms with van der Waals surface area (Å²) in [4.78, 5) is 35.1. The van der Waals surface area contributed by atoms with Crippen LogP contribution in [0, 0.1) is 0 Å². The van der Waals surface area contributed by atoms with Gasteiger partial charge in [0.05, 0.1) is 29.9 Å². The Morgan fingerprint density at radius 1 is 1.15 bits per heavy atom. The average molecular weight is 578 g/mol. The van der Waals surface area contributed by atoms with Gasteiger partial charge in [-0.25, -0.2) is 14.6 Å². The van der Waals surface area contributed by atoms with E-state index < -0.39 is 11.6 Å². The number of allylic oxidation sites excluding steroid dienone is 6. The van der Waals surface area contributed by atoms with Crippen LogP contribution < -0.4 is 0 Å². The van der Waals surface area contributed by atoms with E-state index in [1.54, 1.807) is 30.2 Å². The Hall–Kier alpha value is -3.17. The van der Waals surface area contributed by atoms with Crippen molar-refractivity contribution in [2.24, 2.45) is 0 Å². The lowest BCUT2D eigenvalue weighted by atomic mass is 9.89. The van der Waals surface area contributed by atoms with Gasteiger partial charge in [-0.05, 0) is 50.0 Å². The molecule has 8 nitrogen and oxygen atoms in total. The molecular formula is C32H39N3O5S. The summed E-state index contributed by atoms with van der Waals surface area (Å²) in [5.41, 5.74) is 1.66. The van der Waals surface area contributed by atoms with Crippen molar-refractivity contribution in [3.8, 4) is 0 Å². The van der Waals surface area contributed by atoms with Gasteiger partial charge in [0, 0.05) is 54.9 Å². The molecule has 6 rings (SSSR count). The van der Waals surface area contributed by atoms with Gasteiger partial charge >= 0.3 is 12.1 Å². The van der Waals surface area contributed by atoms with Crippen molar-refractivity contribution in [1.29, 1.82) is 0 Å². The first-order chi connectivity index (χ1) is 19.9. The average Bonchev–Trinajstić information content (AvgIpc) is 3.45. The molecule has 0 aromatic carbocycles. The molecule has 1 saturated carbocycles. The van der Waals surface area contributed by atoms with Crippen LogP contribution in [0.4, 0.5) is 4.79 Å².